The van der Waals surface area contributed by atoms with Crippen molar-refractivity contribution in [2.45, 2.75) is 19.8 Å². The molecule has 0 saturated heterocycles. The largest absolute Gasteiger partial charge is 0.399 e. The summed E-state index contributed by atoms with van der Waals surface area (Å²) in [4.78, 5) is 0. The van der Waals surface area contributed by atoms with E-state index in [2.05, 4.69) is 8.92 Å². The summed E-state index contributed by atoms with van der Waals surface area (Å²) >= 11 is 0. The topological polar surface area (TPSA) is 72.8 Å². The molecule has 11 heavy (non-hydrogen) atoms. The summed E-state index contributed by atoms with van der Waals surface area (Å²) in [6.07, 6.45) is 1.81. The third-order valence-corrected chi connectivity index (χ3v) is 1.32. The van der Waals surface area contributed by atoms with E-state index in [1.807, 2.05) is 6.92 Å². The molecule has 1 N–H and O–H groups in total. The van der Waals surface area contributed by atoms with Gasteiger partial charge in [-0.3, -0.25) is 4.55 Å². The maximum Gasteiger partial charge on any atom is 0.399 e. The van der Waals surface area contributed by atoms with Gasteiger partial charge in [0.15, 0.2) is 6.79 Å². The van der Waals surface area contributed by atoms with Crippen LogP contribution < -0.4 is 0 Å². The molecular weight excluding hydrogens is 172 g/mol. The van der Waals surface area contributed by atoms with E-state index in [-0.39, 0.29) is 0 Å². The second-order valence-electron chi connectivity index (χ2n) is 1.93. The molecule has 0 aliphatic heterocycles. The van der Waals surface area contributed by atoms with Crippen LogP contribution in [0.3, 0.4) is 0 Å². The van der Waals surface area contributed by atoms with Gasteiger partial charge in [0.05, 0.1) is 0 Å². The molecule has 0 radical (unpaired) electrons. The molecule has 0 aromatic carbocycles. The minimum Gasteiger partial charge on any atom is -0.354 e. The van der Waals surface area contributed by atoms with Crippen LogP contribution in [-0.4, -0.2) is 26.4 Å². The lowest BCUT2D eigenvalue weighted by atomic mass is 10.4. The van der Waals surface area contributed by atoms with Crippen molar-refractivity contribution < 1.29 is 21.9 Å². The van der Waals surface area contributed by atoms with Crippen molar-refractivity contribution in [3.63, 3.8) is 0 Å². The molecule has 0 aliphatic rings. The molecule has 0 amide bonds. The highest BCUT2D eigenvalue weighted by Crippen LogP contribution is 1.90. The van der Waals surface area contributed by atoms with Crippen LogP contribution in [0.4, 0.5) is 0 Å². The van der Waals surface area contributed by atoms with E-state index in [0.29, 0.717) is 6.61 Å². The number of rotatable bonds is 6. The molecule has 0 aliphatic carbocycles. The molecule has 0 aromatic heterocycles. The fourth-order valence-electron chi connectivity index (χ4n) is 0.400. The van der Waals surface area contributed by atoms with Crippen molar-refractivity contribution in [1.29, 1.82) is 0 Å². The van der Waals surface area contributed by atoms with Crippen LogP contribution in [0, 0.1) is 0 Å². The predicted octanol–water partition coefficient (Wildman–Crippen LogP) is 0.580. The Morgan fingerprint density at radius 1 is 1.45 bits per heavy atom. The van der Waals surface area contributed by atoms with Gasteiger partial charge in [-0.25, -0.2) is 4.18 Å². The lowest BCUT2D eigenvalue weighted by molar-refractivity contribution is 0.0117. The number of ether oxygens (including phenoxy) is 1. The van der Waals surface area contributed by atoms with Crippen LogP contribution in [-0.2, 0) is 19.3 Å². The predicted molar refractivity (Wildman–Crippen MR) is 38.4 cm³/mol. The highest BCUT2D eigenvalue weighted by molar-refractivity contribution is 7.80. The van der Waals surface area contributed by atoms with Gasteiger partial charge in [-0.15, -0.1) is 0 Å². The van der Waals surface area contributed by atoms with Gasteiger partial charge in [0, 0.05) is 6.61 Å². The number of unbranched alkanes of at least 4 members (excludes halogenated alkanes) is 1. The summed E-state index contributed by atoms with van der Waals surface area (Å²) in [6.45, 7) is 2.00. The zero-order valence-corrected chi connectivity index (χ0v) is 7.13. The SMILES string of the molecule is CCCCOCOS(=O)(=O)O. The molecule has 0 spiro atoms. The van der Waals surface area contributed by atoms with E-state index in [0.717, 1.165) is 12.8 Å². The molecule has 0 fully saturated rings. The monoisotopic (exact) mass is 184 g/mol. The molecule has 0 bridgehead atoms. The first kappa shape index (κ1) is 10.8. The zero-order valence-electron chi connectivity index (χ0n) is 6.32. The van der Waals surface area contributed by atoms with Crippen LogP contribution in [0.5, 0.6) is 0 Å². The van der Waals surface area contributed by atoms with E-state index in [1.165, 1.54) is 0 Å². The van der Waals surface area contributed by atoms with Crippen molar-refractivity contribution in [3.05, 3.63) is 0 Å². The first-order valence-electron chi connectivity index (χ1n) is 3.26. The Labute approximate surface area is 66.3 Å². The number of hydrogen-bond acceptors (Lipinski definition) is 4. The van der Waals surface area contributed by atoms with Crippen LogP contribution in [0.15, 0.2) is 0 Å². The average molecular weight is 184 g/mol. The quantitative estimate of drug-likeness (QED) is 0.371. The highest BCUT2D eigenvalue weighted by atomic mass is 32.3. The van der Waals surface area contributed by atoms with Crippen molar-refractivity contribution in [3.8, 4) is 0 Å². The van der Waals surface area contributed by atoms with Crippen molar-refractivity contribution in [1.82, 2.24) is 0 Å². The Morgan fingerprint density at radius 3 is 2.55 bits per heavy atom. The van der Waals surface area contributed by atoms with Gasteiger partial charge in [0.2, 0.25) is 0 Å². The van der Waals surface area contributed by atoms with Crippen LogP contribution in [0.1, 0.15) is 19.8 Å². The standard InChI is InChI=1S/C5H12O5S/c1-2-3-4-9-5-10-11(6,7)8/h2-5H2,1H3,(H,6,7,8). The molecule has 0 saturated carbocycles. The van der Waals surface area contributed by atoms with Gasteiger partial charge in [-0.05, 0) is 6.42 Å². The van der Waals surface area contributed by atoms with E-state index in [4.69, 9.17) is 4.55 Å². The Balaban J connectivity index is 3.16. The normalized spacial score (nSPS) is 11.8. The molecule has 0 aromatic rings. The average Bonchev–Trinajstić information content (AvgIpc) is 1.85. The fraction of sp³-hybridized carbons (Fsp3) is 1.00. The molecule has 6 heteroatoms. The van der Waals surface area contributed by atoms with Gasteiger partial charge >= 0.3 is 10.4 Å². The minimum atomic E-state index is -4.34. The van der Waals surface area contributed by atoms with Crippen LogP contribution in [0.2, 0.25) is 0 Å². The van der Waals surface area contributed by atoms with Crippen LogP contribution in [0.25, 0.3) is 0 Å². The van der Waals surface area contributed by atoms with Crippen molar-refractivity contribution in [2.75, 3.05) is 13.4 Å². The molecule has 0 rings (SSSR count). The second-order valence-corrected chi connectivity index (χ2v) is 3.02. The maximum atomic E-state index is 9.92. The first-order chi connectivity index (χ1) is 5.06. The maximum absolute atomic E-state index is 9.92. The summed E-state index contributed by atoms with van der Waals surface area (Å²) in [6, 6.07) is 0. The molecule has 68 valence electrons. The van der Waals surface area contributed by atoms with E-state index >= 15 is 0 Å². The van der Waals surface area contributed by atoms with Gasteiger partial charge < -0.3 is 4.74 Å². The molecule has 5 nitrogen and oxygen atoms in total. The Kier molecular flexibility index (Phi) is 5.39. The van der Waals surface area contributed by atoms with Gasteiger partial charge in [-0.2, -0.15) is 8.42 Å². The summed E-state index contributed by atoms with van der Waals surface area (Å²) in [5.74, 6) is 0. The zero-order chi connectivity index (χ0) is 8.74. The smallest absolute Gasteiger partial charge is 0.354 e. The van der Waals surface area contributed by atoms with Gasteiger partial charge in [0.25, 0.3) is 0 Å². The van der Waals surface area contributed by atoms with Crippen molar-refractivity contribution >= 4 is 10.4 Å². The molecular formula is C5H12O5S. The fourth-order valence-corrected chi connectivity index (χ4v) is 0.590. The van der Waals surface area contributed by atoms with E-state index < -0.39 is 17.2 Å². The highest BCUT2D eigenvalue weighted by Gasteiger charge is 2.02. The first-order valence-corrected chi connectivity index (χ1v) is 4.62. The third-order valence-electron chi connectivity index (χ3n) is 0.923. The lowest BCUT2D eigenvalue weighted by Gasteiger charge is -2.00. The third kappa shape index (κ3) is 9.83. The molecule has 0 heterocycles. The lowest BCUT2D eigenvalue weighted by Crippen LogP contribution is -2.08. The Hall–Kier alpha value is -0.170. The minimum absolute atomic E-state index is 0.418. The molecule has 0 atom stereocenters. The second kappa shape index (κ2) is 5.48. The van der Waals surface area contributed by atoms with Gasteiger partial charge in [0.1, 0.15) is 0 Å². The summed E-state index contributed by atoms with van der Waals surface area (Å²) in [5, 5.41) is 0. The van der Waals surface area contributed by atoms with E-state index in [1.54, 1.807) is 0 Å². The van der Waals surface area contributed by atoms with Gasteiger partial charge in [-0.1, -0.05) is 13.3 Å². The summed E-state index contributed by atoms with van der Waals surface area (Å²) in [7, 11) is -4.34. The van der Waals surface area contributed by atoms with Crippen molar-refractivity contribution in [2.24, 2.45) is 0 Å². The molecule has 0 unspecified atom stereocenters. The van der Waals surface area contributed by atoms with E-state index in [9.17, 15) is 8.42 Å². The summed E-state index contributed by atoms with van der Waals surface area (Å²) in [5.41, 5.74) is 0. The van der Waals surface area contributed by atoms with Crippen LogP contribution >= 0.6 is 0 Å². The Morgan fingerprint density at radius 2 is 2.09 bits per heavy atom. The summed E-state index contributed by atoms with van der Waals surface area (Å²) < 4.78 is 36.4. The number of hydrogen-bond donors (Lipinski definition) is 1. The Bertz CT molecular complexity index is 173.